The fourth-order valence-corrected chi connectivity index (χ4v) is 4.52. The fraction of sp³-hybridized carbons (Fsp3) is 0.241. The van der Waals surface area contributed by atoms with Crippen LogP contribution in [-0.4, -0.2) is 24.0 Å². The third kappa shape index (κ3) is 4.10. The van der Waals surface area contributed by atoms with E-state index in [1.54, 1.807) is 23.1 Å². The lowest BCUT2D eigenvalue weighted by atomic mass is 9.98. The van der Waals surface area contributed by atoms with Gasteiger partial charge in [-0.05, 0) is 48.2 Å². The average molecular weight is 454 g/mol. The first-order chi connectivity index (χ1) is 16.7. The summed E-state index contributed by atoms with van der Waals surface area (Å²) < 4.78 is 11.8. The Labute approximate surface area is 198 Å². The van der Waals surface area contributed by atoms with Crippen LogP contribution < -0.4 is 10.2 Å². The molecule has 5 heteroatoms. The van der Waals surface area contributed by atoms with Crippen LogP contribution >= 0.6 is 0 Å². The van der Waals surface area contributed by atoms with Crippen LogP contribution in [0, 0.1) is 0 Å². The van der Waals surface area contributed by atoms with Gasteiger partial charge in [0.25, 0.3) is 5.91 Å². The first-order valence-electron chi connectivity index (χ1n) is 11.8. The van der Waals surface area contributed by atoms with Crippen LogP contribution in [0.4, 0.5) is 0 Å². The number of hydrogen-bond donors (Lipinski definition) is 0. The van der Waals surface area contributed by atoms with Crippen molar-refractivity contribution >= 4 is 16.9 Å². The lowest BCUT2D eigenvalue weighted by Crippen LogP contribution is -2.31. The third-order valence-electron chi connectivity index (χ3n) is 6.32. The number of carbonyl (C=O) groups is 1. The molecule has 34 heavy (non-hydrogen) atoms. The summed E-state index contributed by atoms with van der Waals surface area (Å²) in [6.45, 7) is 3.27. The van der Waals surface area contributed by atoms with E-state index in [2.05, 4.69) is 6.92 Å². The van der Waals surface area contributed by atoms with E-state index >= 15 is 0 Å². The Morgan fingerprint density at radius 1 is 0.912 bits per heavy atom. The third-order valence-corrected chi connectivity index (χ3v) is 6.32. The summed E-state index contributed by atoms with van der Waals surface area (Å²) in [6.07, 6.45) is 2.75. The molecule has 4 aromatic rings. The van der Waals surface area contributed by atoms with Crippen molar-refractivity contribution in [3.8, 4) is 5.75 Å². The van der Waals surface area contributed by atoms with Crippen LogP contribution in [0.1, 0.15) is 53.1 Å². The fourth-order valence-electron chi connectivity index (χ4n) is 4.52. The maximum atomic E-state index is 13.5. The normalized spacial score (nSPS) is 15.0. The number of fused-ring (bicyclic) bond motifs is 2. The van der Waals surface area contributed by atoms with Gasteiger partial charge in [0.1, 0.15) is 11.3 Å². The second-order valence-corrected chi connectivity index (χ2v) is 8.58. The van der Waals surface area contributed by atoms with E-state index in [1.165, 1.54) is 0 Å². The quantitative estimate of drug-likeness (QED) is 0.318. The summed E-state index contributed by atoms with van der Waals surface area (Å²) in [4.78, 5) is 28.8. The molecule has 0 radical (unpaired) electrons. The Bertz CT molecular complexity index is 1360. The average Bonchev–Trinajstić information content (AvgIpc) is 3.16. The highest BCUT2D eigenvalue weighted by Crippen LogP contribution is 2.38. The molecule has 1 aromatic heterocycles. The summed E-state index contributed by atoms with van der Waals surface area (Å²) in [5.41, 5.74) is 2.69. The Morgan fingerprint density at radius 2 is 1.65 bits per heavy atom. The van der Waals surface area contributed by atoms with E-state index in [9.17, 15) is 9.59 Å². The van der Waals surface area contributed by atoms with Crippen molar-refractivity contribution in [1.82, 2.24) is 4.90 Å². The van der Waals surface area contributed by atoms with Crippen LogP contribution in [0.15, 0.2) is 88.1 Å². The largest absolute Gasteiger partial charge is 0.494 e. The minimum atomic E-state index is -0.503. The van der Waals surface area contributed by atoms with Crippen LogP contribution in [0.3, 0.4) is 0 Å². The molecule has 5 nitrogen and oxygen atoms in total. The predicted molar refractivity (Wildman–Crippen MR) is 132 cm³/mol. The lowest BCUT2D eigenvalue weighted by molar-refractivity contribution is 0.0730. The number of benzene rings is 3. The molecule has 0 aliphatic carbocycles. The maximum Gasteiger partial charge on any atom is 0.290 e. The van der Waals surface area contributed by atoms with Crippen molar-refractivity contribution in [2.75, 3.05) is 13.2 Å². The number of para-hydroxylation sites is 1. The highest BCUT2D eigenvalue weighted by Gasteiger charge is 2.42. The van der Waals surface area contributed by atoms with Crippen molar-refractivity contribution in [3.05, 3.63) is 112 Å². The molecule has 1 aliphatic heterocycles. The van der Waals surface area contributed by atoms with Crippen molar-refractivity contribution < 1.29 is 13.9 Å². The summed E-state index contributed by atoms with van der Waals surface area (Å²) in [5, 5.41) is 0.489. The van der Waals surface area contributed by atoms with E-state index in [-0.39, 0.29) is 17.1 Å². The highest BCUT2D eigenvalue weighted by atomic mass is 16.5. The molecule has 0 saturated carbocycles. The molecule has 1 unspecified atom stereocenters. The summed E-state index contributed by atoms with van der Waals surface area (Å²) in [5.74, 6) is 0.676. The SMILES string of the molecule is CCCCOc1ccc(C2c3c(oc4ccccc4c3=O)C(=O)N2CCc2ccccc2)cc1. The van der Waals surface area contributed by atoms with Gasteiger partial charge in [-0.25, -0.2) is 0 Å². The minimum absolute atomic E-state index is 0.144. The van der Waals surface area contributed by atoms with Crippen LogP contribution in [0.5, 0.6) is 5.75 Å². The van der Waals surface area contributed by atoms with E-state index < -0.39 is 6.04 Å². The van der Waals surface area contributed by atoms with Gasteiger partial charge in [-0.3, -0.25) is 9.59 Å². The first-order valence-corrected chi connectivity index (χ1v) is 11.8. The zero-order chi connectivity index (χ0) is 23.5. The molecule has 172 valence electrons. The molecule has 1 atom stereocenters. The summed E-state index contributed by atoms with van der Waals surface area (Å²) in [6, 6.07) is 24.3. The molecule has 1 amide bonds. The number of unbranched alkanes of at least 4 members (excludes halogenated alkanes) is 1. The van der Waals surface area contributed by atoms with Gasteiger partial charge < -0.3 is 14.1 Å². The van der Waals surface area contributed by atoms with Gasteiger partial charge in [-0.1, -0.05) is 67.9 Å². The Morgan fingerprint density at radius 3 is 2.41 bits per heavy atom. The highest BCUT2D eigenvalue weighted by molar-refractivity contribution is 5.99. The molecule has 0 bridgehead atoms. The van der Waals surface area contributed by atoms with Crippen molar-refractivity contribution in [2.45, 2.75) is 32.2 Å². The Hall–Kier alpha value is -3.86. The van der Waals surface area contributed by atoms with Gasteiger partial charge >= 0.3 is 0 Å². The van der Waals surface area contributed by atoms with Gasteiger partial charge in [0.15, 0.2) is 5.43 Å². The Balaban J connectivity index is 1.55. The number of amides is 1. The summed E-state index contributed by atoms with van der Waals surface area (Å²) in [7, 11) is 0. The number of hydrogen-bond acceptors (Lipinski definition) is 4. The maximum absolute atomic E-state index is 13.5. The molecule has 2 heterocycles. The topological polar surface area (TPSA) is 59.8 Å². The monoisotopic (exact) mass is 453 g/mol. The van der Waals surface area contributed by atoms with Crippen molar-refractivity contribution in [2.24, 2.45) is 0 Å². The van der Waals surface area contributed by atoms with E-state index in [0.717, 1.165) is 29.7 Å². The van der Waals surface area contributed by atoms with E-state index in [1.807, 2.05) is 60.7 Å². The minimum Gasteiger partial charge on any atom is -0.494 e. The predicted octanol–water partition coefficient (Wildman–Crippen LogP) is 5.76. The van der Waals surface area contributed by atoms with Gasteiger partial charge in [0, 0.05) is 6.54 Å². The lowest BCUT2D eigenvalue weighted by Gasteiger charge is -2.25. The molecule has 0 N–H and O–H groups in total. The molecule has 0 fully saturated rings. The first kappa shape index (κ1) is 22.0. The van der Waals surface area contributed by atoms with Gasteiger partial charge in [0.2, 0.25) is 5.76 Å². The zero-order valence-electron chi connectivity index (χ0n) is 19.2. The van der Waals surface area contributed by atoms with Crippen LogP contribution in [0.25, 0.3) is 11.0 Å². The van der Waals surface area contributed by atoms with E-state index in [4.69, 9.17) is 9.15 Å². The second kappa shape index (κ2) is 9.56. The standard InChI is InChI=1S/C29H27NO4/c1-2-3-19-33-22-15-13-21(14-16-22)26-25-27(31)23-11-7-8-12-24(23)34-28(25)29(32)30(26)18-17-20-9-5-4-6-10-20/h4-16,26H,2-3,17-19H2,1H3. The van der Waals surface area contributed by atoms with Crippen LogP contribution in [-0.2, 0) is 6.42 Å². The molecule has 3 aromatic carbocycles. The smallest absolute Gasteiger partial charge is 0.290 e. The number of carbonyl (C=O) groups excluding carboxylic acids is 1. The van der Waals surface area contributed by atoms with Gasteiger partial charge in [0.05, 0.1) is 23.6 Å². The van der Waals surface area contributed by atoms with Gasteiger partial charge in [-0.2, -0.15) is 0 Å². The van der Waals surface area contributed by atoms with Crippen molar-refractivity contribution in [3.63, 3.8) is 0 Å². The second-order valence-electron chi connectivity index (χ2n) is 8.58. The van der Waals surface area contributed by atoms with Crippen LogP contribution in [0.2, 0.25) is 0 Å². The molecular weight excluding hydrogens is 426 g/mol. The van der Waals surface area contributed by atoms with Gasteiger partial charge in [-0.15, -0.1) is 0 Å². The molecule has 0 saturated heterocycles. The zero-order valence-corrected chi connectivity index (χ0v) is 19.2. The molecule has 5 rings (SSSR count). The number of nitrogens with zero attached hydrogens (tertiary/aromatic N) is 1. The van der Waals surface area contributed by atoms with E-state index in [0.29, 0.717) is 36.1 Å². The number of ether oxygens (including phenoxy) is 1. The molecule has 1 aliphatic rings. The molecular formula is C29H27NO4. The Kier molecular flexibility index (Phi) is 6.17. The molecule has 0 spiro atoms. The number of rotatable bonds is 8. The summed E-state index contributed by atoms with van der Waals surface area (Å²) >= 11 is 0. The van der Waals surface area contributed by atoms with Crippen molar-refractivity contribution in [1.29, 1.82) is 0 Å².